The van der Waals surface area contributed by atoms with Gasteiger partial charge in [0.15, 0.2) is 0 Å². The van der Waals surface area contributed by atoms with Gasteiger partial charge in [0.05, 0.1) is 0 Å². The molecule has 2 aliphatic rings. The molecule has 0 aromatic carbocycles. The van der Waals surface area contributed by atoms with Crippen molar-refractivity contribution in [2.45, 2.75) is 96.1 Å². The molecule has 26 heavy (non-hydrogen) atoms. The van der Waals surface area contributed by atoms with Crippen molar-refractivity contribution in [3.63, 3.8) is 0 Å². The van der Waals surface area contributed by atoms with E-state index in [1.165, 1.54) is 0 Å². The molecule has 2 saturated carbocycles. The molecule has 2 rings (SSSR count). The maximum Gasteiger partial charge on any atom is 2.00 e. The smallest absolute Gasteiger partial charge is 1.00 e. The summed E-state index contributed by atoms with van der Waals surface area (Å²) in [5, 5.41) is 23.6. The van der Waals surface area contributed by atoms with E-state index in [9.17, 15) is 19.8 Å². The number of rotatable bonds is 5. The minimum absolute atomic E-state index is 0. The quantitative estimate of drug-likeness (QED) is 0.306. The van der Waals surface area contributed by atoms with E-state index in [2.05, 4.69) is 0 Å². The van der Waals surface area contributed by atoms with Gasteiger partial charge in [0.25, 0.3) is 11.9 Å². The summed E-state index contributed by atoms with van der Waals surface area (Å²) >= 11 is 0. The molecular weight excluding hydrogens is 470 g/mol. The summed E-state index contributed by atoms with van der Waals surface area (Å²) in [4.78, 5) is 23.4. The van der Waals surface area contributed by atoms with Crippen molar-refractivity contribution in [1.29, 1.82) is 0 Å². The first-order valence-corrected chi connectivity index (χ1v) is 8.30. The van der Waals surface area contributed by atoms with Crippen LogP contribution in [0.25, 0.3) is 0 Å². The number of esters is 2. The SMILES string of the molecule is C.O=C(OC1CCCCC1)[C@@H]([O-])[C@H]([O-])C(=O)OC1CCCCC1.[Br-].[Mg+2].[Zn]. The largest absolute Gasteiger partial charge is 2.00 e. The second-order valence-corrected chi connectivity index (χ2v) is 6.24. The van der Waals surface area contributed by atoms with Crippen LogP contribution < -0.4 is 27.2 Å². The average molecular weight is 498 g/mol. The minimum Gasteiger partial charge on any atom is -1.00 e. The number of hydrogen-bond donors (Lipinski definition) is 0. The predicted molar refractivity (Wildman–Crippen MR) is 86.0 cm³/mol. The van der Waals surface area contributed by atoms with Crippen LogP contribution >= 0.6 is 0 Å². The van der Waals surface area contributed by atoms with Crippen LogP contribution in [0, 0.1) is 0 Å². The van der Waals surface area contributed by atoms with Crippen molar-refractivity contribution in [2.75, 3.05) is 0 Å². The number of carbonyl (C=O) groups excluding carboxylic acids is 2. The molecule has 0 radical (unpaired) electrons. The van der Waals surface area contributed by atoms with E-state index in [-0.39, 0.29) is 79.1 Å². The summed E-state index contributed by atoms with van der Waals surface area (Å²) in [6, 6.07) is 0. The molecule has 0 heterocycles. The summed E-state index contributed by atoms with van der Waals surface area (Å²) < 4.78 is 10.1. The molecule has 0 bridgehead atoms. The fraction of sp³-hybridized carbons (Fsp3) is 0.882. The van der Waals surface area contributed by atoms with E-state index in [1.54, 1.807) is 0 Å². The van der Waals surface area contributed by atoms with Gasteiger partial charge in [-0.2, -0.15) is 0 Å². The minimum atomic E-state index is -2.24. The fourth-order valence-corrected chi connectivity index (χ4v) is 3.08. The topological polar surface area (TPSA) is 98.7 Å². The van der Waals surface area contributed by atoms with Gasteiger partial charge in [0.2, 0.25) is 0 Å². The molecule has 0 aromatic rings. The Morgan fingerprint density at radius 1 is 0.731 bits per heavy atom. The van der Waals surface area contributed by atoms with Crippen molar-refractivity contribution in [3.05, 3.63) is 0 Å². The van der Waals surface area contributed by atoms with E-state index in [1.807, 2.05) is 0 Å². The molecule has 9 heteroatoms. The molecule has 0 aliphatic heterocycles. The van der Waals surface area contributed by atoms with Crippen molar-refractivity contribution in [1.82, 2.24) is 0 Å². The Balaban J connectivity index is -0.00000132. The number of carbonyl (C=O) groups is 2. The van der Waals surface area contributed by atoms with Gasteiger partial charge in [0, 0.05) is 19.5 Å². The Kier molecular flexibility index (Phi) is 20.1. The third-order valence-electron chi connectivity index (χ3n) is 4.41. The molecule has 0 unspecified atom stereocenters. The number of halogens is 1. The van der Waals surface area contributed by atoms with Crippen LogP contribution in [0.2, 0.25) is 0 Å². The Morgan fingerprint density at radius 3 is 1.27 bits per heavy atom. The first-order chi connectivity index (χ1) is 10.6. The van der Waals surface area contributed by atoms with Crippen LogP contribution in [-0.4, -0.2) is 59.4 Å². The van der Waals surface area contributed by atoms with Crippen LogP contribution in [0.1, 0.15) is 71.6 Å². The van der Waals surface area contributed by atoms with Crippen molar-refractivity contribution in [3.8, 4) is 0 Å². The van der Waals surface area contributed by atoms with Gasteiger partial charge in [-0.25, -0.2) is 0 Å². The molecule has 2 aliphatic carbocycles. The first-order valence-electron chi connectivity index (χ1n) is 8.30. The molecule has 2 fully saturated rings. The third-order valence-corrected chi connectivity index (χ3v) is 4.41. The third kappa shape index (κ3) is 10.3. The average Bonchev–Trinajstić information content (AvgIpc) is 2.55. The second kappa shape index (κ2) is 16.7. The Hall–Kier alpha value is 0.730. The zero-order chi connectivity index (χ0) is 15.9. The molecule has 0 aromatic heterocycles. The standard InChI is InChI=1S/C16H24O6.CH4.BrH.Mg.Zn/c17-13(15(19)21-11-7-3-1-4-8-11)14(18)16(20)22-12-9-5-2-6-10-12;;;;/h11-14H,1-10H2;1H4;1H;;/q-2;;;+2;/p-1/t13-,14-;;;;/m0..../s1. The molecule has 0 spiro atoms. The van der Waals surface area contributed by atoms with Crippen molar-refractivity contribution >= 4 is 35.0 Å². The van der Waals surface area contributed by atoms with E-state index in [0.29, 0.717) is 25.7 Å². The Morgan fingerprint density at radius 2 is 1.00 bits per heavy atom. The van der Waals surface area contributed by atoms with Crippen LogP contribution in [-0.2, 0) is 38.5 Å². The van der Waals surface area contributed by atoms with E-state index in [4.69, 9.17) is 9.47 Å². The van der Waals surface area contributed by atoms with E-state index in [0.717, 1.165) is 38.5 Å². The monoisotopic (exact) mass is 495 g/mol. The normalized spacial score (nSPS) is 19.9. The molecule has 0 amide bonds. The summed E-state index contributed by atoms with van der Waals surface area (Å²) in [5.74, 6) is -2.24. The molecule has 0 N–H and O–H groups in total. The Bertz CT molecular complexity index is 353. The zero-order valence-corrected chi connectivity index (χ0v) is 20.6. The first kappa shape index (κ1) is 31.4. The van der Waals surface area contributed by atoms with E-state index < -0.39 is 24.1 Å². The predicted octanol–water partition coefficient (Wildman–Crippen LogP) is -2.55. The van der Waals surface area contributed by atoms with Crippen molar-refractivity contribution in [2.24, 2.45) is 0 Å². The maximum atomic E-state index is 11.8. The summed E-state index contributed by atoms with van der Waals surface area (Å²) in [7, 11) is 0. The van der Waals surface area contributed by atoms with Gasteiger partial charge in [-0.15, -0.1) is 0 Å². The van der Waals surface area contributed by atoms with Crippen LogP contribution in [0.4, 0.5) is 0 Å². The van der Waals surface area contributed by atoms with Crippen LogP contribution in [0.15, 0.2) is 0 Å². The second-order valence-electron chi connectivity index (χ2n) is 6.24. The van der Waals surface area contributed by atoms with Gasteiger partial charge >= 0.3 is 23.1 Å². The van der Waals surface area contributed by atoms with Crippen LogP contribution in [0.5, 0.6) is 0 Å². The Labute approximate surface area is 195 Å². The number of ether oxygens (including phenoxy) is 2. The van der Waals surface area contributed by atoms with Gasteiger partial charge in [-0.1, -0.05) is 20.3 Å². The number of hydrogen-bond acceptors (Lipinski definition) is 6. The van der Waals surface area contributed by atoms with E-state index >= 15 is 0 Å². The molecule has 0 saturated heterocycles. The van der Waals surface area contributed by atoms with Gasteiger partial charge in [-0.3, -0.25) is 9.59 Å². The molecule has 6 nitrogen and oxygen atoms in total. The van der Waals surface area contributed by atoms with Gasteiger partial charge < -0.3 is 36.7 Å². The molecule has 144 valence electrons. The maximum absolute atomic E-state index is 11.8. The molecule has 2 atom stereocenters. The van der Waals surface area contributed by atoms with Gasteiger partial charge in [0.1, 0.15) is 12.2 Å². The fourth-order valence-electron chi connectivity index (χ4n) is 3.08. The van der Waals surface area contributed by atoms with Crippen LogP contribution in [0.3, 0.4) is 0 Å². The zero-order valence-electron chi connectivity index (χ0n) is 14.6. The summed E-state index contributed by atoms with van der Waals surface area (Å²) in [6.07, 6.45) is 3.79. The molecular formula is C17H28BrMgO6Zn-. The van der Waals surface area contributed by atoms with Crippen molar-refractivity contribution < 1.29 is 65.7 Å². The summed E-state index contributed by atoms with van der Waals surface area (Å²) in [5.41, 5.74) is 0. The van der Waals surface area contributed by atoms with Gasteiger partial charge in [-0.05, 0) is 63.6 Å². The summed E-state index contributed by atoms with van der Waals surface area (Å²) in [6.45, 7) is 0.